The highest BCUT2D eigenvalue weighted by molar-refractivity contribution is 8.00. The Bertz CT molecular complexity index is 2650. The Balaban J connectivity index is 0.989. The highest BCUT2D eigenvalue weighted by atomic mass is 32.2. The van der Waals surface area contributed by atoms with E-state index in [9.17, 15) is 0 Å². The van der Waals surface area contributed by atoms with Crippen LogP contribution in [0, 0.1) is 0 Å². The van der Waals surface area contributed by atoms with Crippen molar-refractivity contribution in [3.63, 3.8) is 0 Å². The molecule has 4 nitrogen and oxygen atoms in total. The molecule has 0 radical (unpaired) electrons. The number of thiophene rings is 1. The third-order valence-electron chi connectivity index (χ3n) is 10.4. The zero-order valence-corrected chi connectivity index (χ0v) is 29.4. The Morgan fingerprint density at radius 2 is 1.57 bits per heavy atom. The Labute approximate surface area is 304 Å². The first-order chi connectivity index (χ1) is 25.2. The standard InChI is InChI=1S/C45H35N3OS2/c46-44(36-17-9-15-34-31-12-4-6-18-38(31)49-42(34)36)48-45(47-26-27-10-2-1-3-11-27)29-20-22-33-37-24-28(21-23-40(37)50-41(33)25-29)30-14-8-16-35-32-13-5-7-19-39(32)51-43(30)35/h1-25,35,43-45,47-48H,26,46H2. The van der Waals surface area contributed by atoms with E-state index in [1.165, 1.54) is 47.3 Å². The molecule has 10 rings (SSSR count). The van der Waals surface area contributed by atoms with Gasteiger partial charge in [0.25, 0.3) is 0 Å². The predicted molar refractivity (Wildman–Crippen MR) is 215 cm³/mol. The van der Waals surface area contributed by atoms with E-state index in [4.69, 9.17) is 10.2 Å². The van der Waals surface area contributed by atoms with Crippen molar-refractivity contribution in [2.24, 2.45) is 5.73 Å². The number of hydrogen-bond acceptors (Lipinski definition) is 6. The normalized spacial score (nSPS) is 17.9. The van der Waals surface area contributed by atoms with Gasteiger partial charge in [0, 0.05) is 59.1 Å². The molecule has 4 unspecified atom stereocenters. The molecule has 248 valence electrons. The maximum Gasteiger partial charge on any atom is 0.141 e. The maximum absolute atomic E-state index is 7.00. The van der Waals surface area contributed by atoms with Gasteiger partial charge in [-0.1, -0.05) is 121 Å². The zero-order valence-electron chi connectivity index (χ0n) is 27.8. The average molecular weight is 698 g/mol. The smallest absolute Gasteiger partial charge is 0.141 e. The molecule has 6 aromatic carbocycles. The zero-order chi connectivity index (χ0) is 33.9. The average Bonchev–Trinajstić information content (AvgIpc) is 3.87. The number of hydrogen-bond donors (Lipinski definition) is 3. The van der Waals surface area contributed by atoms with Crippen molar-refractivity contribution in [1.29, 1.82) is 0 Å². The van der Waals surface area contributed by atoms with Gasteiger partial charge in [-0.05, 0) is 58.2 Å². The first kappa shape index (κ1) is 30.8. The van der Waals surface area contributed by atoms with Gasteiger partial charge in [-0.15, -0.1) is 23.1 Å². The summed E-state index contributed by atoms with van der Waals surface area (Å²) in [6.07, 6.45) is 6.26. The molecule has 4 N–H and O–H groups in total. The highest BCUT2D eigenvalue weighted by Crippen LogP contribution is 2.53. The first-order valence-electron chi connectivity index (χ1n) is 17.5. The molecule has 1 aliphatic carbocycles. The summed E-state index contributed by atoms with van der Waals surface area (Å²) in [7, 11) is 0. The Morgan fingerprint density at radius 3 is 2.51 bits per heavy atom. The number of furan rings is 1. The SMILES string of the molecule is NC(NC(NCc1ccccc1)c1ccc2c(c1)sc1ccc(C3=CC=CC4c5ccccc5SC34)cc12)c1cccc2c1oc1ccccc12. The van der Waals surface area contributed by atoms with Crippen LogP contribution in [0.5, 0.6) is 0 Å². The molecule has 0 spiro atoms. The summed E-state index contributed by atoms with van der Waals surface area (Å²) in [5.74, 6) is 0.418. The van der Waals surface area contributed by atoms with Gasteiger partial charge in [0.05, 0.1) is 12.3 Å². The van der Waals surface area contributed by atoms with Gasteiger partial charge in [-0.2, -0.15) is 0 Å². The van der Waals surface area contributed by atoms with E-state index in [1.807, 2.05) is 41.3 Å². The van der Waals surface area contributed by atoms with Crippen molar-refractivity contribution in [2.75, 3.05) is 0 Å². The summed E-state index contributed by atoms with van der Waals surface area (Å²) in [6.45, 7) is 0.696. The lowest BCUT2D eigenvalue weighted by molar-refractivity contribution is 0.385. The predicted octanol–water partition coefficient (Wildman–Crippen LogP) is 11.2. The third kappa shape index (κ3) is 5.43. The summed E-state index contributed by atoms with van der Waals surface area (Å²) in [5, 5.41) is 12.7. The van der Waals surface area contributed by atoms with E-state index in [-0.39, 0.29) is 6.17 Å². The van der Waals surface area contributed by atoms with Crippen molar-refractivity contribution in [3.05, 3.63) is 180 Å². The molecule has 3 heterocycles. The summed E-state index contributed by atoms with van der Waals surface area (Å²) in [5.41, 5.74) is 16.1. The van der Waals surface area contributed by atoms with Crippen LogP contribution in [0.3, 0.4) is 0 Å². The van der Waals surface area contributed by atoms with E-state index in [0.717, 1.165) is 33.1 Å². The second-order valence-corrected chi connectivity index (χ2v) is 15.7. The molecule has 2 aromatic heterocycles. The Hall–Kier alpha value is -4.95. The number of rotatable bonds is 8. The maximum atomic E-state index is 7.00. The molecule has 1 aliphatic heterocycles. The van der Waals surface area contributed by atoms with Gasteiger partial charge in [0.15, 0.2) is 0 Å². The van der Waals surface area contributed by atoms with Crippen molar-refractivity contribution < 1.29 is 4.42 Å². The number of benzene rings is 6. The van der Waals surface area contributed by atoms with E-state index >= 15 is 0 Å². The van der Waals surface area contributed by atoms with Crippen LogP contribution in [0.25, 0.3) is 47.7 Å². The van der Waals surface area contributed by atoms with Crippen LogP contribution >= 0.6 is 23.1 Å². The minimum atomic E-state index is -0.468. The lowest BCUT2D eigenvalue weighted by Gasteiger charge is -2.25. The molecular formula is C45H35N3OS2. The van der Waals surface area contributed by atoms with Crippen LogP contribution in [0.2, 0.25) is 0 Å². The lowest BCUT2D eigenvalue weighted by Crippen LogP contribution is -2.39. The van der Waals surface area contributed by atoms with Crippen LogP contribution in [0.15, 0.2) is 161 Å². The second-order valence-electron chi connectivity index (χ2n) is 13.4. The van der Waals surface area contributed by atoms with Gasteiger partial charge < -0.3 is 10.2 Å². The number of thioether (sulfide) groups is 1. The molecule has 0 saturated heterocycles. The summed E-state index contributed by atoms with van der Waals surface area (Å²) in [6, 6.07) is 47.7. The summed E-state index contributed by atoms with van der Waals surface area (Å²) < 4.78 is 8.92. The van der Waals surface area contributed by atoms with Crippen LogP contribution in [-0.2, 0) is 6.54 Å². The summed E-state index contributed by atoms with van der Waals surface area (Å²) >= 11 is 3.85. The Morgan fingerprint density at radius 1 is 0.725 bits per heavy atom. The van der Waals surface area contributed by atoms with E-state index < -0.39 is 6.17 Å². The molecule has 8 aromatic rings. The lowest BCUT2D eigenvalue weighted by atomic mass is 9.85. The summed E-state index contributed by atoms with van der Waals surface area (Å²) in [4.78, 5) is 1.40. The molecule has 2 aliphatic rings. The second kappa shape index (κ2) is 12.7. The van der Waals surface area contributed by atoms with Crippen LogP contribution in [-0.4, -0.2) is 5.25 Å². The van der Waals surface area contributed by atoms with E-state index in [2.05, 4.69) is 144 Å². The molecule has 4 atom stereocenters. The number of nitrogens with one attached hydrogen (secondary N) is 2. The first-order valence-corrected chi connectivity index (χ1v) is 19.2. The number of allylic oxidation sites excluding steroid dienone is 3. The molecular weight excluding hydrogens is 663 g/mol. The fraction of sp³-hybridized carbons (Fsp3) is 0.111. The van der Waals surface area contributed by atoms with Gasteiger partial charge in [-0.25, -0.2) is 0 Å². The van der Waals surface area contributed by atoms with Crippen LogP contribution < -0.4 is 16.4 Å². The molecule has 0 fully saturated rings. The Kier molecular flexibility index (Phi) is 7.66. The van der Waals surface area contributed by atoms with Crippen molar-refractivity contribution in [1.82, 2.24) is 10.6 Å². The fourth-order valence-corrected chi connectivity index (χ4v) is 10.5. The quantitative estimate of drug-likeness (QED) is 0.138. The van der Waals surface area contributed by atoms with Crippen LogP contribution in [0.1, 0.15) is 46.1 Å². The number of para-hydroxylation sites is 2. The number of nitrogens with two attached hydrogens (primary N) is 1. The third-order valence-corrected chi connectivity index (χ3v) is 13.0. The highest BCUT2D eigenvalue weighted by Gasteiger charge is 2.35. The van der Waals surface area contributed by atoms with Crippen LogP contribution in [0.4, 0.5) is 0 Å². The van der Waals surface area contributed by atoms with Crippen molar-refractivity contribution >= 4 is 70.8 Å². The topological polar surface area (TPSA) is 63.2 Å². The van der Waals surface area contributed by atoms with Crippen molar-refractivity contribution in [3.8, 4) is 0 Å². The van der Waals surface area contributed by atoms with Gasteiger partial charge in [0.2, 0.25) is 0 Å². The van der Waals surface area contributed by atoms with E-state index in [0.29, 0.717) is 17.7 Å². The van der Waals surface area contributed by atoms with E-state index in [1.54, 1.807) is 0 Å². The fourth-order valence-electron chi connectivity index (χ4n) is 7.86. The minimum Gasteiger partial charge on any atom is -0.456 e. The van der Waals surface area contributed by atoms with Gasteiger partial charge >= 0.3 is 0 Å². The molecule has 51 heavy (non-hydrogen) atoms. The van der Waals surface area contributed by atoms with Gasteiger partial charge in [-0.3, -0.25) is 10.6 Å². The molecule has 0 saturated carbocycles. The largest absolute Gasteiger partial charge is 0.456 e. The van der Waals surface area contributed by atoms with Crippen molar-refractivity contribution in [2.45, 2.75) is 34.9 Å². The molecule has 6 heteroatoms. The monoisotopic (exact) mass is 697 g/mol. The minimum absolute atomic E-state index is 0.206. The molecule has 0 bridgehead atoms. The van der Waals surface area contributed by atoms with Gasteiger partial charge in [0.1, 0.15) is 11.2 Å². The number of fused-ring (bicyclic) bond motifs is 9. The molecule has 0 amide bonds.